The Morgan fingerprint density at radius 3 is 2.00 bits per heavy atom. The van der Waals surface area contributed by atoms with Gasteiger partial charge in [0.05, 0.1) is 0 Å². The zero-order chi connectivity index (χ0) is 12.9. The van der Waals surface area contributed by atoms with Crippen LogP contribution in [-0.2, 0) is 0 Å². The lowest BCUT2D eigenvalue weighted by molar-refractivity contribution is 0.514. The lowest BCUT2D eigenvalue weighted by Gasteiger charge is -2.21. The number of rotatable bonds is 3. The summed E-state index contributed by atoms with van der Waals surface area (Å²) in [6.45, 7) is 0. The molecule has 1 heteroatoms. The van der Waals surface area contributed by atoms with Gasteiger partial charge in [-0.3, -0.25) is 0 Å². The SMILES string of the molecule is c1ccc(-c2ccc(PC3CCCCC3)cc2)cc1. The van der Waals surface area contributed by atoms with E-state index in [1.54, 1.807) is 0 Å². The van der Waals surface area contributed by atoms with E-state index < -0.39 is 0 Å². The molecule has 1 unspecified atom stereocenters. The molecule has 1 aliphatic rings. The molecule has 0 heterocycles. The van der Waals surface area contributed by atoms with Crippen LogP contribution >= 0.6 is 8.58 Å². The van der Waals surface area contributed by atoms with Crippen LogP contribution in [0.4, 0.5) is 0 Å². The predicted molar refractivity (Wildman–Crippen MR) is 86.7 cm³/mol. The van der Waals surface area contributed by atoms with Gasteiger partial charge in [0.1, 0.15) is 0 Å². The summed E-state index contributed by atoms with van der Waals surface area (Å²) in [5.74, 6) is 0. The van der Waals surface area contributed by atoms with Crippen LogP contribution in [0.5, 0.6) is 0 Å². The summed E-state index contributed by atoms with van der Waals surface area (Å²) >= 11 is 0. The molecule has 0 aliphatic heterocycles. The summed E-state index contributed by atoms with van der Waals surface area (Å²) < 4.78 is 0. The average molecular weight is 268 g/mol. The maximum absolute atomic E-state index is 2.33. The second kappa shape index (κ2) is 6.35. The van der Waals surface area contributed by atoms with E-state index in [0.717, 1.165) is 14.2 Å². The van der Waals surface area contributed by atoms with Gasteiger partial charge in [-0.2, -0.15) is 0 Å². The lowest BCUT2D eigenvalue weighted by Crippen LogP contribution is -2.10. The summed E-state index contributed by atoms with van der Waals surface area (Å²) in [6, 6.07) is 19.9. The quantitative estimate of drug-likeness (QED) is 0.688. The van der Waals surface area contributed by atoms with Gasteiger partial charge < -0.3 is 0 Å². The first-order valence-electron chi connectivity index (χ1n) is 7.34. The summed E-state index contributed by atoms with van der Waals surface area (Å²) in [4.78, 5) is 0. The predicted octanol–water partition coefficient (Wildman–Crippen LogP) is 4.99. The maximum atomic E-state index is 2.33. The summed E-state index contributed by atoms with van der Waals surface area (Å²) in [7, 11) is 1.01. The van der Waals surface area contributed by atoms with E-state index in [9.17, 15) is 0 Å². The number of hydrogen-bond acceptors (Lipinski definition) is 0. The molecule has 0 radical (unpaired) electrons. The Bertz CT molecular complexity index is 495. The first kappa shape index (κ1) is 12.9. The topological polar surface area (TPSA) is 0 Å². The van der Waals surface area contributed by atoms with Crippen LogP contribution in [0.1, 0.15) is 32.1 Å². The van der Waals surface area contributed by atoms with E-state index in [2.05, 4.69) is 54.6 Å². The van der Waals surface area contributed by atoms with Crippen molar-refractivity contribution in [2.75, 3.05) is 0 Å². The third-order valence-corrected chi connectivity index (χ3v) is 5.62. The highest BCUT2D eigenvalue weighted by Gasteiger charge is 2.13. The summed E-state index contributed by atoms with van der Waals surface area (Å²) in [5, 5.41) is 1.53. The first-order chi connectivity index (χ1) is 9.42. The van der Waals surface area contributed by atoms with Gasteiger partial charge in [-0.25, -0.2) is 0 Å². The highest BCUT2D eigenvalue weighted by atomic mass is 31.1. The van der Waals surface area contributed by atoms with Gasteiger partial charge in [0.15, 0.2) is 0 Å². The van der Waals surface area contributed by atoms with E-state index in [1.165, 1.54) is 48.5 Å². The largest absolute Gasteiger partial charge is 0.0872 e. The van der Waals surface area contributed by atoms with Gasteiger partial charge in [-0.15, -0.1) is 0 Å². The summed E-state index contributed by atoms with van der Waals surface area (Å²) in [5.41, 5.74) is 3.60. The summed E-state index contributed by atoms with van der Waals surface area (Å²) in [6.07, 6.45) is 7.23. The Balaban J connectivity index is 1.68. The molecule has 1 atom stereocenters. The third kappa shape index (κ3) is 3.45. The van der Waals surface area contributed by atoms with Crippen LogP contribution in [-0.4, -0.2) is 5.66 Å². The van der Waals surface area contributed by atoms with E-state index in [1.807, 2.05) is 0 Å². The van der Waals surface area contributed by atoms with Crippen molar-refractivity contribution in [3.63, 3.8) is 0 Å². The number of benzene rings is 2. The van der Waals surface area contributed by atoms with Gasteiger partial charge in [0.25, 0.3) is 0 Å². The van der Waals surface area contributed by atoms with Gasteiger partial charge in [0.2, 0.25) is 0 Å². The monoisotopic (exact) mass is 268 g/mol. The molecule has 0 aromatic heterocycles. The highest BCUT2D eigenvalue weighted by molar-refractivity contribution is 7.48. The van der Waals surface area contributed by atoms with Crippen molar-refractivity contribution < 1.29 is 0 Å². The molecular formula is C18H21P. The van der Waals surface area contributed by atoms with Gasteiger partial charge in [-0.05, 0) is 34.9 Å². The fourth-order valence-electron chi connectivity index (χ4n) is 2.87. The molecule has 0 spiro atoms. The fraction of sp³-hybridized carbons (Fsp3) is 0.333. The minimum atomic E-state index is 0.955. The molecule has 1 aliphatic carbocycles. The van der Waals surface area contributed by atoms with Crippen LogP contribution in [0.3, 0.4) is 0 Å². The van der Waals surface area contributed by atoms with Crippen molar-refractivity contribution in [2.45, 2.75) is 37.8 Å². The van der Waals surface area contributed by atoms with Crippen molar-refractivity contribution in [3.8, 4) is 11.1 Å². The Labute approximate surface area is 118 Å². The molecule has 1 fully saturated rings. The Kier molecular flexibility index (Phi) is 4.30. The van der Waals surface area contributed by atoms with Gasteiger partial charge in [-0.1, -0.05) is 82.4 Å². The average Bonchev–Trinajstić information content (AvgIpc) is 2.50. The van der Waals surface area contributed by atoms with E-state index >= 15 is 0 Å². The normalized spacial score (nSPS) is 17.1. The number of hydrogen-bond donors (Lipinski definition) is 0. The minimum Gasteiger partial charge on any atom is -0.0872 e. The van der Waals surface area contributed by atoms with Crippen LogP contribution in [0, 0.1) is 0 Å². The smallest absolute Gasteiger partial charge is 0.0184 e. The van der Waals surface area contributed by atoms with Crippen LogP contribution < -0.4 is 5.30 Å². The molecule has 3 rings (SSSR count). The van der Waals surface area contributed by atoms with Gasteiger partial charge in [0, 0.05) is 0 Å². The molecule has 2 aromatic carbocycles. The molecule has 98 valence electrons. The van der Waals surface area contributed by atoms with Gasteiger partial charge >= 0.3 is 0 Å². The highest BCUT2D eigenvalue weighted by Crippen LogP contribution is 2.32. The molecule has 2 aromatic rings. The first-order valence-corrected chi connectivity index (χ1v) is 8.41. The zero-order valence-electron chi connectivity index (χ0n) is 11.3. The van der Waals surface area contributed by atoms with Crippen molar-refractivity contribution in [3.05, 3.63) is 54.6 Å². The molecule has 1 saturated carbocycles. The minimum absolute atomic E-state index is 0.955. The third-order valence-electron chi connectivity index (χ3n) is 3.97. The fourth-order valence-corrected chi connectivity index (χ4v) is 4.40. The molecule has 0 nitrogen and oxygen atoms in total. The molecular weight excluding hydrogens is 247 g/mol. The second-order valence-corrected chi connectivity index (χ2v) is 7.11. The Morgan fingerprint density at radius 1 is 0.684 bits per heavy atom. The molecule has 0 bridgehead atoms. The van der Waals surface area contributed by atoms with Crippen molar-refractivity contribution in [1.29, 1.82) is 0 Å². The molecule has 0 N–H and O–H groups in total. The van der Waals surface area contributed by atoms with Crippen LogP contribution in [0.25, 0.3) is 11.1 Å². The van der Waals surface area contributed by atoms with E-state index in [-0.39, 0.29) is 0 Å². The molecule has 19 heavy (non-hydrogen) atoms. The molecule has 0 amide bonds. The van der Waals surface area contributed by atoms with Crippen LogP contribution in [0.15, 0.2) is 54.6 Å². The standard InChI is InChI=1S/C18H21P/c1-3-7-15(8-4-1)16-11-13-18(14-12-16)19-17-9-5-2-6-10-17/h1,3-4,7-8,11-14,17,19H,2,5-6,9-10H2. The van der Waals surface area contributed by atoms with Crippen molar-refractivity contribution >= 4 is 13.9 Å². The Morgan fingerprint density at radius 2 is 1.32 bits per heavy atom. The maximum Gasteiger partial charge on any atom is -0.0184 e. The Hall–Kier alpha value is -1.13. The zero-order valence-corrected chi connectivity index (χ0v) is 12.3. The van der Waals surface area contributed by atoms with Crippen LogP contribution in [0.2, 0.25) is 0 Å². The van der Waals surface area contributed by atoms with E-state index in [4.69, 9.17) is 0 Å². The van der Waals surface area contributed by atoms with Crippen molar-refractivity contribution in [2.24, 2.45) is 0 Å². The molecule has 0 saturated heterocycles. The van der Waals surface area contributed by atoms with E-state index in [0.29, 0.717) is 0 Å². The lowest BCUT2D eigenvalue weighted by atomic mass is 10.0. The van der Waals surface area contributed by atoms with Crippen molar-refractivity contribution in [1.82, 2.24) is 0 Å². The second-order valence-electron chi connectivity index (χ2n) is 5.42.